The van der Waals surface area contributed by atoms with Gasteiger partial charge in [0, 0.05) is 23.1 Å². The molecule has 0 aliphatic carbocycles. The Hall–Kier alpha value is -1.90. The Morgan fingerprint density at radius 3 is 2.59 bits per heavy atom. The van der Waals surface area contributed by atoms with Crippen LogP contribution in [0, 0.1) is 13.8 Å². The molecular weight excluding hydrogens is 212 g/mol. The van der Waals surface area contributed by atoms with Crippen molar-refractivity contribution < 1.29 is 4.79 Å². The van der Waals surface area contributed by atoms with Gasteiger partial charge in [-0.2, -0.15) is 0 Å². The number of pyridine rings is 1. The van der Waals surface area contributed by atoms with Crippen LogP contribution in [0.4, 0.5) is 0 Å². The molecule has 0 aromatic carbocycles. The zero-order chi connectivity index (χ0) is 12.4. The lowest BCUT2D eigenvalue weighted by Gasteiger charge is -2.08. The van der Waals surface area contributed by atoms with E-state index < -0.39 is 0 Å². The Kier molecular flexibility index (Phi) is 3.09. The molecule has 2 heterocycles. The maximum Gasteiger partial charge on any atom is 0.152 e. The molecule has 0 unspecified atom stereocenters. The fourth-order valence-corrected chi connectivity index (χ4v) is 2.40. The van der Waals surface area contributed by atoms with Crippen LogP contribution >= 0.6 is 0 Å². The normalized spacial score (nSPS) is 10.5. The van der Waals surface area contributed by atoms with E-state index in [1.165, 1.54) is 0 Å². The first-order chi connectivity index (χ1) is 8.20. The first-order valence-corrected chi connectivity index (χ1v) is 5.77. The molecule has 0 spiro atoms. The van der Waals surface area contributed by atoms with Gasteiger partial charge in [0.15, 0.2) is 6.29 Å². The molecule has 0 fully saturated rings. The van der Waals surface area contributed by atoms with Crippen molar-refractivity contribution in [3.05, 3.63) is 47.0 Å². The van der Waals surface area contributed by atoms with Gasteiger partial charge in [-0.15, -0.1) is 0 Å². The van der Waals surface area contributed by atoms with Gasteiger partial charge in [0.25, 0.3) is 0 Å². The lowest BCUT2D eigenvalue weighted by atomic mass is 10.1. The standard InChI is InChI=1S/C14H16N2O/c1-4-13-10(2)16(11(3)14(13)9-17)12-6-5-7-15-8-12/h5-9H,4H2,1-3H3. The van der Waals surface area contributed by atoms with E-state index in [1.807, 2.05) is 32.2 Å². The van der Waals surface area contributed by atoms with Gasteiger partial charge < -0.3 is 4.57 Å². The van der Waals surface area contributed by atoms with E-state index in [0.717, 1.165) is 40.9 Å². The molecule has 0 N–H and O–H groups in total. The average molecular weight is 228 g/mol. The van der Waals surface area contributed by atoms with Crippen molar-refractivity contribution in [2.75, 3.05) is 0 Å². The summed E-state index contributed by atoms with van der Waals surface area (Å²) in [4.78, 5) is 15.3. The average Bonchev–Trinajstić information content (AvgIpc) is 2.60. The Morgan fingerprint density at radius 2 is 2.12 bits per heavy atom. The summed E-state index contributed by atoms with van der Waals surface area (Å²) < 4.78 is 2.09. The van der Waals surface area contributed by atoms with Crippen LogP contribution in [-0.4, -0.2) is 15.8 Å². The Bertz CT molecular complexity index is 541. The number of hydrogen-bond donors (Lipinski definition) is 0. The van der Waals surface area contributed by atoms with E-state index in [1.54, 1.807) is 6.20 Å². The third kappa shape index (κ3) is 1.78. The Balaban J connectivity index is 2.71. The van der Waals surface area contributed by atoms with E-state index in [0.29, 0.717) is 0 Å². The summed E-state index contributed by atoms with van der Waals surface area (Å²) in [5.74, 6) is 0. The number of carbonyl (C=O) groups excluding carboxylic acids is 1. The third-order valence-electron chi connectivity index (χ3n) is 3.20. The molecule has 0 saturated heterocycles. The fourth-order valence-electron chi connectivity index (χ4n) is 2.40. The van der Waals surface area contributed by atoms with Gasteiger partial charge in [-0.1, -0.05) is 6.92 Å². The molecule has 3 heteroatoms. The van der Waals surface area contributed by atoms with Crippen LogP contribution in [-0.2, 0) is 6.42 Å². The van der Waals surface area contributed by atoms with Gasteiger partial charge in [-0.25, -0.2) is 0 Å². The van der Waals surface area contributed by atoms with Gasteiger partial charge in [-0.05, 0) is 38.0 Å². The summed E-state index contributed by atoms with van der Waals surface area (Å²) in [7, 11) is 0. The second-order valence-electron chi connectivity index (χ2n) is 4.08. The molecule has 88 valence electrons. The highest BCUT2D eigenvalue weighted by Crippen LogP contribution is 2.24. The zero-order valence-electron chi connectivity index (χ0n) is 10.4. The third-order valence-corrected chi connectivity index (χ3v) is 3.20. The molecule has 0 aliphatic rings. The molecule has 2 aromatic rings. The molecule has 3 nitrogen and oxygen atoms in total. The molecule has 17 heavy (non-hydrogen) atoms. The monoisotopic (exact) mass is 228 g/mol. The van der Waals surface area contributed by atoms with Crippen LogP contribution in [0.1, 0.15) is 34.2 Å². The predicted octanol–water partition coefficient (Wildman–Crippen LogP) is 2.86. The topological polar surface area (TPSA) is 34.9 Å². The van der Waals surface area contributed by atoms with Gasteiger partial charge in [0.1, 0.15) is 0 Å². The molecule has 0 aliphatic heterocycles. The van der Waals surface area contributed by atoms with E-state index >= 15 is 0 Å². The smallest absolute Gasteiger partial charge is 0.152 e. The second kappa shape index (κ2) is 4.53. The minimum absolute atomic E-state index is 0.814. The van der Waals surface area contributed by atoms with Gasteiger partial charge >= 0.3 is 0 Å². The van der Waals surface area contributed by atoms with Crippen LogP contribution in [0.3, 0.4) is 0 Å². The van der Waals surface area contributed by atoms with Crippen LogP contribution in [0.15, 0.2) is 24.5 Å². The summed E-state index contributed by atoms with van der Waals surface area (Å²) in [6, 6.07) is 3.90. The van der Waals surface area contributed by atoms with E-state index in [9.17, 15) is 4.79 Å². The number of hydrogen-bond acceptors (Lipinski definition) is 2. The minimum Gasteiger partial charge on any atom is -0.316 e. The molecule has 0 atom stereocenters. The van der Waals surface area contributed by atoms with Crippen molar-refractivity contribution in [1.29, 1.82) is 0 Å². The Labute approximate surface area is 101 Å². The number of carbonyl (C=O) groups is 1. The second-order valence-corrected chi connectivity index (χ2v) is 4.08. The van der Waals surface area contributed by atoms with Crippen LogP contribution in [0.5, 0.6) is 0 Å². The lowest BCUT2D eigenvalue weighted by molar-refractivity contribution is 0.112. The maximum absolute atomic E-state index is 11.2. The van der Waals surface area contributed by atoms with Gasteiger partial charge in [-0.3, -0.25) is 9.78 Å². The minimum atomic E-state index is 0.814. The number of aromatic nitrogens is 2. The number of aldehydes is 1. The summed E-state index contributed by atoms with van der Waals surface area (Å²) in [5.41, 5.74) is 5.06. The van der Waals surface area contributed by atoms with E-state index in [2.05, 4.69) is 16.5 Å². The first kappa shape index (κ1) is 11.6. The largest absolute Gasteiger partial charge is 0.316 e. The van der Waals surface area contributed by atoms with Crippen molar-refractivity contribution in [2.45, 2.75) is 27.2 Å². The van der Waals surface area contributed by atoms with Crippen molar-refractivity contribution in [1.82, 2.24) is 9.55 Å². The van der Waals surface area contributed by atoms with Crippen LogP contribution < -0.4 is 0 Å². The highest BCUT2D eigenvalue weighted by Gasteiger charge is 2.16. The van der Waals surface area contributed by atoms with E-state index in [-0.39, 0.29) is 0 Å². The van der Waals surface area contributed by atoms with Crippen molar-refractivity contribution >= 4 is 6.29 Å². The maximum atomic E-state index is 11.2. The molecule has 0 bridgehead atoms. The quantitative estimate of drug-likeness (QED) is 0.757. The van der Waals surface area contributed by atoms with Crippen molar-refractivity contribution in [2.24, 2.45) is 0 Å². The fraction of sp³-hybridized carbons (Fsp3) is 0.286. The van der Waals surface area contributed by atoms with Gasteiger partial charge in [0.2, 0.25) is 0 Å². The highest BCUT2D eigenvalue weighted by atomic mass is 16.1. The predicted molar refractivity (Wildman–Crippen MR) is 67.8 cm³/mol. The summed E-state index contributed by atoms with van der Waals surface area (Å²) in [6.45, 7) is 6.09. The zero-order valence-corrected chi connectivity index (χ0v) is 10.4. The highest BCUT2D eigenvalue weighted by molar-refractivity contribution is 5.80. The first-order valence-electron chi connectivity index (χ1n) is 5.77. The molecule has 0 saturated carbocycles. The molecule has 2 aromatic heterocycles. The molecule has 0 radical (unpaired) electrons. The van der Waals surface area contributed by atoms with Crippen molar-refractivity contribution in [3.63, 3.8) is 0 Å². The lowest BCUT2D eigenvalue weighted by Crippen LogP contribution is -2.00. The summed E-state index contributed by atoms with van der Waals surface area (Å²) in [5, 5.41) is 0. The number of nitrogens with zero attached hydrogens (tertiary/aromatic N) is 2. The SMILES string of the molecule is CCc1c(C=O)c(C)n(-c2cccnc2)c1C. The molecule has 0 amide bonds. The number of rotatable bonds is 3. The van der Waals surface area contributed by atoms with Crippen LogP contribution in [0.25, 0.3) is 5.69 Å². The molecular formula is C14H16N2O. The van der Waals surface area contributed by atoms with E-state index in [4.69, 9.17) is 0 Å². The van der Waals surface area contributed by atoms with Crippen molar-refractivity contribution in [3.8, 4) is 5.69 Å². The van der Waals surface area contributed by atoms with Gasteiger partial charge in [0.05, 0.1) is 11.9 Å². The Morgan fingerprint density at radius 1 is 1.35 bits per heavy atom. The molecule has 2 rings (SSSR count). The summed E-state index contributed by atoms with van der Waals surface area (Å²) in [6.07, 6.45) is 5.38. The van der Waals surface area contributed by atoms with Crippen LogP contribution in [0.2, 0.25) is 0 Å². The summed E-state index contributed by atoms with van der Waals surface area (Å²) >= 11 is 0.